The van der Waals surface area contributed by atoms with E-state index in [2.05, 4.69) is 30.6 Å². The molecule has 0 aliphatic heterocycles. The highest BCUT2D eigenvalue weighted by Crippen LogP contribution is 2.25. The molecule has 0 saturated heterocycles. The van der Waals surface area contributed by atoms with E-state index in [4.69, 9.17) is 11.6 Å². The van der Waals surface area contributed by atoms with Crippen LogP contribution in [0.1, 0.15) is 10.5 Å². The fourth-order valence-electron chi connectivity index (χ4n) is 2.65. The molecule has 4 rings (SSSR count). The van der Waals surface area contributed by atoms with Gasteiger partial charge < -0.3 is 10.6 Å². The summed E-state index contributed by atoms with van der Waals surface area (Å²) in [5.41, 5.74) is 3.56. The smallest absolute Gasteiger partial charge is 0.274 e. The van der Waals surface area contributed by atoms with Crippen molar-refractivity contribution in [2.24, 2.45) is 0 Å². The van der Waals surface area contributed by atoms with E-state index in [1.54, 1.807) is 0 Å². The van der Waals surface area contributed by atoms with Crippen molar-refractivity contribution in [3.8, 4) is 11.1 Å². The molecule has 0 fully saturated rings. The van der Waals surface area contributed by atoms with Crippen LogP contribution in [0, 0.1) is 0 Å². The minimum absolute atomic E-state index is 0.222. The first kappa shape index (κ1) is 18.5. The molecule has 0 saturated carbocycles. The van der Waals surface area contributed by atoms with Gasteiger partial charge in [0.15, 0.2) is 0 Å². The molecule has 2 N–H and O–H groups in total. The van der Waals surface area contributed by atoms with E-state index in [1.165, 1.54) is 31.0 Å². The van der Waals surface area contributed by atoms with E-state index in [0.717, 1.165) is 16.8 Å². The first-order valence-electron chi connectivity index (χ1n) is 8.70. The van der Waals surface area contributed by atoms with E-state index in [9.17, 15) is 4.79 Å². The number of anilines is 3. The SMILES string of the molecule is O=C(Nc1cncnc1)c1ccnc(Nc2cccc(-c3ccc(Cl)cc3)c2)n1. The van der Waals surface area contributed by atoms with Gasteiger partial charge in [0.2, 0.25) is 5.95 Å². The summed E-state index contributed by atoms with van der Waals surface area (Å²) in [7, 11) is 0. The highest BCUT2D eigenvalue weighted by atomic mass is 35.5. The Labute approximate surface area is 171 Å². The van der Waals surface area contributed by atoms with E-state index >= 15 is 0 Å². The van der Waals surface area contributed by atoms with Crippen LogP contribution in [0.25, 0.3) is 11.1 Å². The molecule has 7 nitrogen and oxygen atoms in total. The number of hydrogen-bond donors (Lipinski definition) is 2. The molecule has 0 aliphatic carbocycles. The first-order chi connectivity index (χ1) is 14.2. The summed E-state index contributed by atoms with van der Waals surface area (Å²) in [5, 5.41) is 6.51. The quantitative estimate of drug-likeness (QED) is 0.507. The number of aromatic nitrogens is 4. The van der Waals surface area contributed by atoms with Crippen molar-refractivity contribution < 1.29 is 4.79 Å². The molecule has 0 bridgehead atoms. The van der Waals surface area contributed by atoms with Gasteiger partial charge >= 0.3 is 0 Å². The maximum atomic E-state index is 12.4. The Morgan fingerprint density at radius 1 is 0.897 bits per heavy atom. The number of benzene rings is 2. The zero-order valence-electron chi connectivity index (χ0n) is 15.1. The standard InChI is InChI=1S/C21H15ClN6O/c22-16-6-4-14(5-7-16)15-2-1-3-17(10-15)27-21-25-9-8-19(28-21)20(29)26-18-11-23-13-24-12-18/h1-13H,(H,26,29)(H,25,27,28). The summed E-state index contributed by atoms with van der Waals surface area (Å²) < 4.78 is 0. The second-order valence-electron chi connectivity index (χ2n) is 6.06. The van der Waals surface area contributed by atoms with E-state index in [0.29, 0.717) is 16.7 Å². The monoisotopic (exact) mass is 402 g/mol. The molecule has 29 heavy (non-hydrogen) atoms. The molecule has 142 valence electrons. The van der Waals surface area contributed by atoms with E-state index < -0.39 is 0 Å². The Balaban J connectivity index is 1.51. The van der Waals surface area contributed by atoms with Gasteiger partial charge in [-0.2, -0.15) is 0 Å². The number of amides is 1. The third-order valence-electron chi connectivity index (χ3n) is 4.00. The van der Waals surface area contributed by atoms with Gasteiger partial charge in [-0.15, -0.1) is 0 Å². The molecule has 2 aromatic heterocycles. The van der Waals surface area contributed by atoms with Gasteiger partial charge in [0.1, 0.15) is 12.0 Å². The van der Waals surface area contributed by atoms with Crippen molar-refractivity contribution >= 4 is 34.8 Å². The Bertz CT molecular complexity index is 1140. The van der Waals surface area contributed by atoms with Gasteiger partial charge in [0, 0.05) is 16.9 Å². The Morgan fingerprint density at radius 2 is 1.69 bits per heavy atom. The molecule has 2 aromatic carbocycles. The average Bonchev–Trinajstić information content (AvgIpc) is 2.75. The fraction of sp³-hybridized carbons (Fsp3) is 0. The largest absolute Gasteiger partial charge is 0.324 e. The van der Waals surface area contributed by atoms with Crippen LogP contribution in [0.3, 0.4) is 0 Å². The lowest BCUT2D eigenvalue weighted by molar-refractivity contribution is 0.102. The Hall–Kier alpha value is -3.84. The molecule has 0 aliphatic rings. The maximum absolute atomic E-state index is 12.4. The molecule has 4 aromatic rings. The van der Waals surface area contributed by atoms with Gasteiger partial charge in [0.05, 0.1) is 18.1 Å². The van der Waals surface area contributed by atoms with Crippen molar-refractivity contribution in [3.05, 3.63) is 90.2 Å². The number of rotatable bonds is 5. The number of halogens is 1. The second kappa shape index (κ2) is 8.45. The molecule has 8 heteroatoms. The third kappa shape index (κ3) is 4.72. The predicted molar refractivity (Wildman–Crippen MR) is 112 cm³/mol. The van der Waals surface area contributed by atoms with Gasteiger partial charge in [0.25, 0.3) is 5.91 Å². The Kier molecular flexibility index (Phi) is 5.40. The number of nitrogens with one attached hydrogen (secondary N) is 2. The van der Waals surface area contributed by atoms with Crippen LogP contribution < -0.4 is 10.6 Å². The Morgan fingerprint density at radius 3 is 2.48 bits per heavy atom. The topological polar surface area (TPSA) is 92.7 Å². The molecule has 0 unspecified atom stereocenters. The summed E-state index contributed by atoms with van der Waals surface area (Å²) in [4.78, 5) is 28.6. The van der Waals surface area contributed by atoms with Gasteiger partial charge in [-0.1, -0.05) is 35.9 Å². The van der Waals surface area contributed by atoms with Crippen LogP contribution in [0.4, 0.5) is 17.3 Å². The normalized spacial score (nSPS) is 10.4. The number of nitrogens with zero attached hydrogens (tertiary/aromatic N) is 4. The van der Waals surface area contributed by atoms with Crippen LogP contribution in [-0.4, -0.2) is 25.8 Å². The lowest BCUT2D eigenvalue weighted by Gasteiger charge is -2.09. The van der Waals surface area contributed by atoms with E-state index in [1.807, 2.05) is 48.5 Å². The molecule has 0 atom stereocenters. The van der Waals surface area contributed by atoms with Crippen LogP contribution in [0.2, 0.25) is 5.02 Å². The molecule has 0 spiro atoms. The highest BCUT2D eigenvalue weighted by molar-refractivity contribution is 6.30. The number of carbonyl (C=O) groups is 1. The van der Waals surface area contributed by atoms with Gasteiger partial charge in [-0.05, 0) is 41.5 Å². The first-order valence-corrected chi connectivity index (χ1v) is 9.07. The molecule has 2 heterocycles. The number of hydrogen-bond acceptors (Lipinski definition) is 6. The van der Waals surface area contributed by atoms with Crippen molar-refractivity contribution in [3.63, 3.8) is 0 Å². The lowest BCUT2D eigenvalue weighted by atomic mass is 10.1. The molecular weight excluding hydrogens is 388 g/mol. The van der Waals surface area contributed by atoms with Crippen molar-refractivity contribution in [2.45, 2.75) is 0 Å². The lowest BCUT2D eigenvalue weighted by Crippen LogP contribution is -2.15. The van der Waals surface area contributed by atoms with E-state index in [-0.39, 0.29) is 11.6 Å². The summed E-state index contributed by atoms with van der Waals surface area (Å²) in [5.74, 6) is -0.0598. The summed E-state index contributed by atoms with van der Waals surface area (Å²) in [6.45, 7) is 0. The van der Waals surface area contributed by atoms with Crippen molar-refractivity contribution in [1.82, 2.24) is 19.9 Å². The summed E-state index contributed by atoms with van der Waals surface area (Å²) in [6, 6.07) is 16.9. The van der Waals surface area contributed by atoms with Crippen molar-refractivity contribution in [1.29, 1.82) is 0 Å². The van der Waals surface area contributed by atoms with Gasteiger partial charge in [-0.3, -0.25) is 4.79 Å². The molecule has 1 amide bonds. The maximum Gasteiger partial charge on any atom is 0.274 e. The highest BCUT2D eigenvalue weighted by Gasteiger charge is 2.10. The second-order valence-corrected chi connectivity index (χ2v) is 6.50. The predicted octanol–water partition coefficient (Wildman–Crippen LogP) is 4.58. The zero-order valence-corrected chi connectivity index (χ0v) is 15.8. The van der Waals surface area contributed by atoms with Crippen LogP contribution in [0.5, 0.6) is 0 Å². The summed E-state index contributed by atoms with van der Waals surface area (Å²) in [6.07, 6.45) is 5.93. The van der Waals surface area contributed by atoms with Gasteiger partial charge in [-0.25, -0.2) is 19.9 Å². The molecule has 0 radical (unpaired) electrons. The van der Waals surface area contributed by atoms with Crippen LogP contribution in [-0.2, 0) is 0 Å². The van der Waals surface area contributed by atoms with Crippen LogP contribution in [0.15, 0.2) is 79.5 Å². The van der Waals surface area contributed by atoms with Crippen LogP contribution >= 0.6 is 11.6 Å². The molecular formula is C21H15ClN6O. The van der Waals surface area contributed by atoms with Crippen molar-refractivity contribution in [2.75, 3.05) is 10.6 Å². The third-order valence-corrected chi connectivity index (χ3v) is 4.25. The minimum Gasteiger partial charge on any atom is -0.324 e. The minimum atomic E-state index is -0.375. The average molecular weight is 403 g/mol. The fourth-order valence-corrected chi connectivity index (χ4v) is 2.78. The summed E-state index contributed by atoms with van der Waals surface area (Å²) >= 11 is 5.96. The zero-order chi connectivity index (χ0) is 20.1. The number of carbonyl (C=O) groups excluding carboxylic acids is 1.